The fourth-order valence-electron chi connectivity index (χ4n) is 4.27. The summed E-state index contributed by atoms with van der Waals surface area (Å²) in [6, 6.07) is 3.91. The highest BCUT2D eigenvalue weighted by Gasteiger charge is 2.28. The van der Waals surface area contributed by atoms with Crippen molar-refractivity contribution in [3.8, 4) is 0 Å². The van der Waals surface area contributed by atoms with Gasteiger partial charge >= 0.3 is 0 Å². The normalized spacial score (nSPS) is 24.1. The number of piperidine rings is 1. The summed E-state index contributed by atoms with van der Waals surface area (Å²) in [5, 5.41) is 0. The SMILES string of the molecule is CC1CC(C)CN(C(=O)CN2CCN(C(=O)CCc3cccnc3)CC2)C1. The van der Waals surface area contributed by atoms with Gasteiger partial charge in [-0.1, -0.05) is 19.9 Å². The van der Waals surface area contributed by atoms with E-state index in [2.05, 4.69) is 23.7 Å². The highest BCUT2D eigenvalue weighted by molar-refractivity contribution is 5.79. The van der Waals surface area contributed by atoms with Crippen LogP contribution in [0.15, 0.2) is 24.5 Å². The Bertz CT molecular complexity index is 618. The molecule has 6 heteroatoms. The molecular formula is C21H32N4O2. The first-order valence-electron chi connectivity index (χ1n) is 10.2. The molecule has 2 atom stereocenters. The first kappa shape index (κ1) is 19.8. The van der Waals surface area contributed by atoms with Crippen LogP contribution in [0.4, 0.5) is 0 Å². The lowest BCUT2D eigenvalue weighted by Crippen LogP contribution is -2.53. The van der Waals surface area contributed by atoms with Crippen molar-refractivity contribution in [3.63, 3.8) is 0 Å². The Morgan fingerprint density at radius 1 is 1.04 bits per heavy atom. The molecule has 148 valence electrons. The molecule has 2 amide bonds. The van der Waals surface area contributed by atoms with Crippen molar-refractivity contribution < 1.29 is 9.59 Å². The van der Waals surface area contributed by atoms with Crippen LogP contribution in [-0.2, 0) is 16.0 Å². The van der Waals surface area contributed by atoms with E-state index in [9.17, 15) is 9.59 Å². The molecule has 0 N–H and O–H groups in total. The first-order chi connectivity index (χ1) is 13.0. The van der Waals surface area contributed by atoms with E-state index in [0.717, 1.165) is 38.2 Å². The average Bonchev–Trinajstić information content (AvgIpc) is 2.66. The van der Waals surface area contributed by atoms with E-state index >= 15 is 0 Å². The van der Waals surface area contributed by atoms with Crippen LogP contribution in [0.5, 0.6) is 0 Å². The predicted octanol–water partition coefficient (Wildman–Crippen LogP) is 1.66. The predicted molar refractivity (Wildman–Crippen MR) is 105 cm³/mol. The number of aromatic nitrogens is 1. The van der Waals surface area contributed by atoms with E-state index in [4.69, 9.17) is 0 Å². The van der Waals surface area contributed by atoms with Crippen LogP contribution in [0.3, 0.4) is 0 Å². The van der Waals surface area contributed by atoms with E-state index < -0.39 is 0 Å². The molecule has 6 nitrogen and oxygen atoms in total. The third kappa shape index (κ3) is 5.76. The van der Waals surface area contributed by atoms with Crippen LogP contribution in [0.25, 0.3) is 0 Å². The van der Waals surface area contributed by atoms with Gasteiger partial charge in [-0.05, 0) is 36.3 Å². The lowest BCUT2D eigenvalue weighted by molar-refractivity contribution is -0.136. The van der Waals surface area contributed by atoms with Crippen LogP contribution in [-0.4, -0.2) is 77.3 Å². The van der Waals surface area contributed by atoms with E-state index in [0.29, 0.717) is 37.9 Å². The second-order valence-corrected chi connectivity index (χ2v) is 8.26. The third-order valence-electron chi connectivity index (χ3n) is 5.66. The number of hydrogen-bond acceptors (Lipinski definition) is 4. The summed E-state index contributed by atoms with van der Waals surface area (Å²) < 4.78 is 0. The number of nitrogens with zero attached hydrogens (tertiary/aromatic N) is 4. The fourth-order valence-corrected chi connectivity index (χ4v) is 4.27. The second-order valence-electron chi connectivity index (χ2n) is 8.26. The van der Waals surface area contributed by atoms with Gasteiger partial charge in [-0.3, -0.25) is 19.5 Å². The van der Waals surface area contributed by atoms with Crippen molar-refractivity contribution in [1.82, 2.24) is 19.7 Å². The molecule has 0 bridgehead atoms. The summed E-state index contributed by atoms with van der Waals surface area (Å²) in [6.07, 6.45) is 6.03. The highest BCUT2D eigenvalue weighted by atomic mass is 16.2. The van der Waals surface area contributed by atoms with Gasteiger partial charge in [0.15, 0.2) is 0 Å². The minimum absolute atomic E-state index is 0.198. The van der Waals surface area contributed by atoms with Crippen LogP contribution < -0.4 is 0 Å². The van der Waals surface area contributed by atoms with Crippen molar-refractivity contribution in [2.24, 2.45) is 11.8 Å². The number of hydrogen-bond donors (Lipinski definition) is 0. The summed E-state index contributed by atoms with van der Waals surface area (Å²) >= 11 is 0. The number of likely N-dealkylation sites (tertiary alicyclic amines) is 1. The smallest absolute Gasteiger partial charge is 0.236 e. The maximum Gasteiger partial charge on any atom is 0.236 e. The number of amides is 2. The number of rotatable bonds is 5. The van der Waals surface area contributed by atoms with Gasteiger partial charge in [0.2, 0.25) is 11.8 Å². The number of piperazine rings is 1. The molecule has 2 unspecified atom stereocenters. The van der Waals surface area contributed by atoms with Gasteiger partial charge in [0, 0.05) is 58.1 Å². The topological polar surface area (TPSA) is 56.8 Å². The minimum Gasteiger partial charge on any atom is -0.341 e. The number of carbonyl (C=O) groups excluding carboxylic acids is 2. The van der Waals surface area contributed by atoms with Crippen molar-refractivity contribution >= 4 is 11.8 Å². The van der Waals surface area contributed by atoms with E-state index in [1.165, 1.54) is 6.42 Å². The molecule has 2 aliphatic heterocycles. The van der Waals surface area contributed by atoms with Gasteiger partial charge in [-0.2, -0.15) is 0 Å². The van der Waals surface area contributed by atoms with E-state index in [-0.39, 0.29) is 11.8 Å². The zero-order chi connectivity index (χ0) is 19.2. The van der Waals surface area contributed by atoms with Crippen LogP contribution in [0, 0.1) is 11.8 Å². The third-order valence-corrected chi connectivity index (χ3v) is 5.66. The summed E-state index contributed by atoms with van der Waals surface area (Å²) in [6.45, 7) is 9.70. The average molecular weight is 373 g/mol. The zero-order valence-electron chi connectivity index (χ0n) is 16.6. The van der Waals surface area contributed by atoms with Gasteiger partial charge in [0.25, 0.3) is 0 Å². The van der Waals surface area contributed by atoms with Crippen LogP contribution in [0.1, 0.15) is 32.3 Å². The monoisotopic (exact) mass is 372 g/mol. The van der Waals surface area contributed by atoms with Gasteiger partial charge in [0.05, 0.1) is 6.54 Å². The first-order valence-corrected chi connectivity index (χ1v) is 10.2. The molecule has 2 fully saturated rings. The molecule has 1 aromatic heterocycles. The van der Waals surface area contributed by atoms with E-state index in [1.54, 1.807) is 6.20 Å². The molecule has 0 spiro atoms. The Morgan fingerprint density at radius 3 is 2.37 bits per heavy atom. The van der Waals surface area contributed by atoms with Gasteiger partial charge in [-0.15, -0.1) is 0 Å². The summed E-state index contributed by atoms with van der Waals surface area (Å²) in [5.74, 6) is 1.62. The Labute approximate surface area is 162 Å². The largest absolute Gasteiger partial charge is 0.341 e. The standard InChI is InChI=1S/C21H32N4O2/c1-17-12-18(2)15-25(14-17)21(27)16-23-8-10-24(11-9-23)20(26)6-5-19-4-3-7-22-13-19/h3-4,7,13,17-18H,5-6,8-12,14-16H2,1-2H3. The molecule has 27 heavy (non-hydrogen) atoms. The quantitative estimate of drug-likeness (QED) is 0.789. The molecule has 2 aliphatic rings. The van der Waals surface area contributed by atoms with Crippen molar-refractivity contribution in [3.05, 3.63) is 30.1 Å². The maximum absolute atomic E-state index is 12.6. The Morgan fingerprint density at radius 2 is 1.74 bits per heavy atom. The van der Waals surface area contributed by atoms with Crippen molar-refractivity contribution in [2.45, 2.75) is 33.1 Å². The summed E-state index contributed by atoms with van der Waals surface area (Å²) in [5.41, 5.74) is 1.10. The number of carbonyl (C=O) groups is 2. The highest BCUT2D eigenvalue weighted by Crippen LogP contribution is 2.21. The Kier molecular flexibility index (Phi) is 6.83. The van der Waals surface area contributed by atoms with Crippen LogP contribution >= 0.6 is 0 Å². The molecule has 3 rings (SSSR count). The van der Waals surface area contributed by atoms with Crippen LogP contribution in [0.2, 0.25) is 0 Å². The molecule has 1 aromatic rings. The maximum atomic E-state index is 12.6. The van der Waals surface area contributed by atoms with E-state index in [1.807, 2.05) is 28.1 Å². The van der Waals surface area contributed by atoms with Crippen molar-refractivity contribution in [2.75, 3.05) is 45.8 Å². The lowest BCUT2D eigenvalue weighted by Gasteiger charge is -2.38. The lowest BCUT2D eigenvalue weighted by atomic mass is 9.92. The summed E-state index contributed by atoms with van der Waals surface area (Å²) in [4.78, 5) is 35.3. The fraction of sp³-hybridized carbons (Fsp3) is 0.667. The van der Waals surface area contributed by atoms with Gasteiger partial charge < -0.3 is 9.80 Å². The number of aryl methyl sites for hydroxylation is 1. The molecule has 0 saturated carbocycles. The molecular weight excluding hydrogens is 340 g/mol. The Balaban J connectivity index is 1.39. The van der Waals surface area contributed by atoms with Gasteiger partial charge in [0.1, 0.15) is 0 Å². The molecule has 0 radical (unpaired) electrons. The molecule has 0 aromatic carbocycles. The molecule has 2 saturated heterocycles. The zero-order valence-corrected chi connectivity index (χ0v) is 16.6. The molecule has 0 aliphatic carbocycles. The summed E-state index contributed by atoms with van der Waals surface area (Å²) in [7, 11) is 0. The second kappa shape index (κ2) is 9.31. The minimum atomic E-state index is 0.198. The van der Waals surface area contributed by atoms with Crippen molar-refractivity contribution in [1.29, 1.82) is 0 Å². The Hall–Kier alpha value is -1.95. The van der Waals surface area contributed by atoms with Gasteiger partial charge in [-0.25, -0.2) is 0 Å². The number of pyridine rings is 1. The molecule has 3 heterocycles.